The zero-order valence-electron chi connectivity index (χ0n) is 12.9. The van der Waals surface area contributed by atoms with E-state index in [4.69, 9.17) is 0 Å². The van der Waals surface area contributed by atoms with E-state index in [1.165, 1.54) is 0 Å². The Morgan fingerprint density at radius 1 is 0.522 bits per heavy atom. The van der Waals surface area contributed by atoms with E-state index in [-0.39, 0.29) is 0 Å². The molecule has 0 spiro atoms. The van der Waals surface area contributed by atoms with E-state index in [0.29, 0.717) is 16.7 Å². The summed E-state index contributed by atoms with van der Waals surface area (Å²) in [6.45, 7) is 1.000. The van der Waals surface area contributed by atoms with Crippen molar-refractivity contribution in [1.29, 1.82) is 0 Å². The maximum atomic E-state index is 15.1. The summed E-state index contributed by atoms with van der Waals surface area (Å²) in [5.41, 5.74) is 0.247. The second-order valence-corrected chi connectivity index (χ2v) is 5.74. The fourth-order valence-corrected chi connectivity index (χ4v) is 3.32. The van der Waals surface area contributed by atoms with Gasteiger partial charge in [-0.1, -0.05) is 91.0 Å². The highest BCUT2D eigenvalue weighted by Crippen LogP contribution is 2.49. The van der Waals surface area contributed by atoms with Crippen LogP contribution < -0.4 is 0 Å². The first-order valence-electron chi connectivity index (χ1n) is 7.61. The lowest BCUT2D eigenvalue weighted by Gasteiger charge is -2.40. The van der Waals surface area contributed by atoms with Crippen LogP contribution in [0.5, 0.6) is 0 Å². The SMILES string of the molecule is CC(F)(F)C(c1ccccc1)(c1ccccc1)c1ccccc1. The third kappa shape index (κ3) is 2.55. The second-order valence-electron chi connectivity index (χ2n) is 5.74. The van der Waals surface area contributed by atoms with Gasteiger partial charge in [0.2, 0.25) is 0 Å². The lowest BCUT2D eigenvalue weighted by molar-refractivity contribution is -0.0283. The van der Waals surface area contributed by atoms with Gasteiger partial charge in [0.25, 0.3) is 5.92 Å². The number of halogens is 2. The minimum Gasteiger partial charge on any atom is -0.205 e. The fourth-order valence-electron chi connectivity index (χ4n) is 3.32. The Labute approximate surface area is 135 Å². The highest BCUT2D eigenvalue weighted by atomic mass is 19.3. The van der Waals surface area contributed by atoms with Gasteiger partial charge in [-0.05, 0) is 16.7 Å². The van der Waals surface area contributed by atoms with Crippen molar-refractivity contribution < 1.29 is 8.78 Å². The molecule has 0 aliphatic carbocycles. The lowest BCUT2D eigenvalue weighted by Crippen LogP contribution is -2.45. The molecule has 0 heterocycles. The van der Waals surface area contributed by atoms with Gasteiger partial charge in [-0.25, -0.2) is 8.78 Å². The first-order chi connectivity index (χ1) is 11.1. The molecular weight excluding hydrogens is 290 g/mol. The number of hydrogen-bond acceptors (Lipinski definition) is 0. The minimum atomic E-state index is -2.98. The van der Waals surface area contributed by atoms with Crippen molar-refractivity contribution in [2.75, 3.05) is 0 Å². The van der Waals surface area contributed by atoms with Gasteiger partial charge in [-0.15, -0.1) is 0 Å². The smallest absolute Gasteiger partial charge is 0.205 e. The second kappa shape index (κ2) is 5.96. The van der Waals surface area contributed by atoms with Gasteiger partial charge >= 0.3 is 0 Å². The number of alkyl halides is 2. The molecular formula is C21H18F2. The van der Waals surface area contributed by atoms with E-state index >= 15 is 8.78 Å². The van der Waals surface area contributed by atoms with Crippen LogP contribution in [0.4, 0.5) is 8.78 Å². The van der Waals surface area contributed by atoms with Crippen molar-refractivity contribution in [3.05, 3.63) is 108 Å². The van der Waals surface area contributed by atoms with Crippen LogP contribution >= 0.6 is 0 Å². The number of benzene rings is 3. The summed E-state index contributed by atoms with van der Waals surface area (Å²) in [5.74, 6) is -2.98. The zero-order valence-corrected chi connectivity index (χ0v) is 12.9. The fraction of sp³-hybridized carbons (Fsp3) is 0.143. The third-order valence-corrected chi connectivity index (χ3v) is 4.28. The molecule has 0 bridgehead atoms. The van der Waals surface area contributed by atoms with Crippen molar-refractivity contribution in [3.63, 3.8) is 0 Å². The molecule has 0 nitrogen and oxygen atoms in total. The molecule has 0 amide bonds. The van der Waals surface area contributed by atoms with Crippen molar-refractivity contribution in [1.82, 2.24) is 0 Å². The van der Waals surface area contributed by atoms with Crippen molar-refractivity contribution in [2.45, 2.75) is 18.3 Å². The highest BCUT2D eigenvalue weighted by Gasteiger charge is 2.53. The first-order valence-corrected chi connectivity index (χ1v) is 7.61. The summed E-state index contributed by atoms with van der Waals surface area (Å²) in [6.07, 6.45) is 0. The predicted octanol–water partition coefficient (Wildman–Crippen LogP) is 5.68. The molecule has 23 heavy (non-hydrogen) atoms. The normalized spacial score (nSPS) is 12.1. The van der Waals surface area contributed by atoms with E-state index in [9.17, 15) is 0 Å². The summed E-state index contributed by atoms with van der Waals surface area (Å²) >= 11 is 0. The third-order valence-electron chi connectivity index (χ3n) is 4.28. The maximum Gasteiger partial charge on any atom is 0.262 e. The molecule has 0 N–H and O–H groups in total. The molecule has 3 aromatic rings. The quantitative estimate of drug-likeness (QED) is 0.544. The van der Waals surface area contributed by atoms with Crippen LogP contribution in [0.1, 0.15) is 23.6 Å². The van der Waals surface area contributed by atoms with Crippen molar-refractivity contribution in [3.8, 4) is 0 Å². The molecule has 0 unspecified atom stereocenters. The predicted molar refractivity (Wildman–Crippen MR) is 89.8 cm³/mol. The Balaban J connectivity index is 2.41. The van der Waals surface area contributed by atoms with Crippen LogP contribution in [0.3, 0.4) is 0 Å². The Bertz CT molecular complexity index is 647. The average Bonchev–Trinajstić information content (AvgIpc) is 2.57. The molecule has 0 saturated carbocycles. The van der Waals surface area contributed by atoms with Gasteiger partial charge in [0.1, 0.15) is 5.41 Å². The molecule has 3 rings (SSSR count). The van der Waals surface area contributed by atoms with Gasteiger partial charge < -0.3 is 0 Å². The molecule has 0 aliphatic heterocycles. The van der Waals surface area contributed by atoms with Crippen LogP contribution in [0.25, 0.3) is 0 Å². The molecule has 2 heteroatoms. The lowest BCUT2D eigenvalue weighted by atomic mass is 9.65. The van der Waals surface area contributed by atoms with Gasteiger partial charge in [0.15, 0.2) is 0 Å². The van der Waals surface area contributed by atoms with Crippen LogP contribution in [0.15, 0.2) is 91.0 Å². The van der Waals surface area contributed by atoms with E-state index in [0.717, 1.165) is 6.92 Å². The summed E-state index contributed by atoms with van der Waals surface area (Å²) in [7, 11) is 0. The minimum absolute atomic E-state index is 0.588. The standard InChI is InChI=1S/C21H18F2/c1-20(22,23)21(17-11-5-2-6-12-17,18-13-7-3-8-14-18)19-15-9-4-10-16-19/h2-16H,1H3. The molecule has 3 aromatic carbocycles. The molecule has 0 fully saturated rings. The number of rotatable bonds is 4. The van der Waals surface area contributed by atoms with Crippen LogP contribution in [0.2, 0.25) is 0 Å². The monoisotopic (exact) mass is 308 g/mol. The van der Waals surface area contributed by atoms with Gasteiger partial charge in [-0.2, -0.15) is 0 Å². The maximum absolute atomic E-state index is 15.1. The molecule has 116 valence electrons. The van der Waals surface area contributed by atoms with Crippen molar-refractivity contribution >= 4 is 0 Å². The summed E-state index contributed by atoms with van der Waals surface area (Å²) in [5, 5.41) is 0. The Hall–Kier alpha value is -2.48. The van der Waals surface area contributed by atoms with E-state index < -0.39 is 11.3 Å². The molecule has 0 aromatic heterocycles. The van der Waals surface area contributed by atoms with E-state index in [1.807, 2.05) is 54.6 Å². The summed E-state index contributed by atoms with van der Waals surface area (Å²) in [4.78, 5) is 0. The average molecular weight is 308 g/mol. The topological polar surface area (TPSA) is 0 Å². The van der Waals surface area contributed by atoms with Crippen LogP contribution in [-0.4, -0.2) is 5.92 Å². The van der Waals surface area contributed by atoms with E-state index in [1.54, 1.807) is 36.4 Å². The first kappa shape index (κ1) is 15.4. The summed E-state index contributed by atoms with van der Waals surface area (Å²) in [6, 6.07) is 27.0. The van der Waals surface area contributed by atoms with Gasteiger partial charge in [0, 0.05) is 6.92 Å². The number of hydrogen-bond donors (Lipinski definition) is 0. The van der Waals surface area contributed by atoms with Crippen molar-refractivity contribution in [2.24, 2.45) is 0 Å². The van der Waals surface area contributed by atoms with Gasteiger partial charge in [0.05, 0.1) is 0 Å². The van der Waals surface area contributed by atoms with Crippen LogP contribution in [-0.2, 0) is 5.41 Å². The Morgan fingerprint density at radius 3 is 1.00 bits per heavy atom. The molecule has 0 atom stereocenters. The van der Waals surface area contributed by atoms with Gasteiger partial charge in [-0.3, -0.25) is 0 Å². The molecule has 0 aliphatic rings. The Kier molecular flexibility index (Phi) is 3.99. The highest BCUT2D eigenvalue weighted by molar-refractivity contribution is 5.52. The molecule has 0 radical (unpaired) electrons. The Morgan fingerprint density at radius 2 is 0.783 bits per heavy atom. The van der Waals surface area contributed by atoms with E-state index in [2.05, 4.69) is 0 Å². The largest absolute Gasteiger partial charge is 0.262 e. The molecule has 0 saturated heterocycles. The van der Waals surface area contributed by atoms with Crippen LogP contribution in [0, 0.1) is 0 Å². The summed E-state index contributed by atoms with van der Waals surface area (Å²) < 4.78 is 30.2. The zero-order chi connectivity index (χ0) is 16.3.